The fourth-order valence-corrected chi connectivity index (χ4v) is 1.91. The van der Waals surface area contributed by atoms with Crippen LogP contribution in [0.5, 0.6) is 0 Å². The highest BCUT2D eigenvalue weighted by molar-refractivity contribution is 5.68. The molecule has 0 atom stereocenters. The van der Waals surface area contributed by atoms with Crippen molar-refractivity contribution in [2.75, 3.05) is 11.4 Å². The highest BCUT2D eigenvalue weighted by Crippen LogP contribution is 2.33. The summed E-state index contributed by atoms with van der Waals surface area (Å²) in [5.74, 6) is -1.36. The lowest BCUT2D eigenvalue weighted by Gasteiger charge is -2.24. The van der Waals surface area contributed by atoms with Crippen LogP contribution in [0.25, 0.3) is 0 Å². The average Bonchev–Trinajstić information content (AvgIpc) is 3.15. The first-order valence-corrected chi connectivity index (χ1v) is 5.80. The summed E-state index contributed by atoms with van der Waals surface area (Å²) in [7, 11) is 0. The molecule has 0 amide bonds. The van der Waals surface area contributed by atoms with Crippen LogP contribution < -0.4 is 4.90 Å². The normalized spacial score (nSPS) is 14.0. The standard InChI is InChI=1S/C13H13FN2O2/c14-11-7-9(8-15)1-4-12(11)16(10-2-3-10)6-5-13(17)18/h1,4,7,10H,2-3,5-6H2,(H,17,18). The molecule has 1 N–H and O–H groups in total. The number of nitriles is 1. The molecule has 1 aliphatic carbocycles. The average molecular weight is 248 g/mol. The molecule has 1 aromatic carbocycles. The van der Waals surface area contributed by atoms with Crippen molar-refractivity contribution in [3.05, 3.63) is 29.6 Å². The van der Waals surface area contributed by atoms with Crippen molar-refractivity contribution in [3.63, 3.8) is 0 Å². The summed E-state index contributed by atoms with van der Waals surface area (Å²) in [6.07, 6.45) is 1.90. The number of carboxylic acid groups (broad SMARTS) is 1. The Morgan fingerprint density at radius 2 is 2.28 bits per heavy atom. The van der Waals surface area contributed by atoms with Crippen LogP contribution in [0.1, 0.15) is 24.8 Å². The van der Waals surface area contributed by atoms with Gasteiger partial charge >= 0.3 is 5.97 Å². The van der Waals surface area contributed by atoms with E-state index in [2.05, 4.69) is 0 Å². The zero-order valence-electron chi connectivity index (χ0n) is 9.77. The maximum absolute atomic E-state index is 13.9. The van der Waals surface area contributed by atoms with E-state index in [1.54, 1.807) is 17.0 Å². The van der Waals surface area contributed by atoms with Gasteiger partial charge in [0.25, 0.3) is 0 Å². The molecule has 1 aliphatic rings. The van der Waals surface area contributed by atoms with Crippen LogP contribution >= 0.6 is 0 Å². The van der Waals surface area contributed by atoms with Gasteiger partial charge in [-0.05, 0) is 31.0 Å². The number of rotatable bonds is 5. The van der Waals surface area contributed by atoms with Gasteiger partial charge in [0.05, 0.1) is 23.7 Å². The summed E-state index contributed by atoms with van der Waals surface area (Å²) in [5, 5.41) is 17.4. The number of benzene rings is 1. The Hall–Kier alpha value is -2.09. The van der Waals surface area contributed by atoms with Crippen molar-refractivity contribution in [1.29, 1.82) is 5.26 Å². The zero-order valence-corrected chi connectivity index (χ0v) is 9.77. The maximum atomic E-state index is 13.9. The summed E-state index contributed by atoms with van der Waals surface area (Å²) >= 11 is 0. The lowest BCUT2D eigenvalue weighted by Crippen LogP contribution is -2.29. The molecular formula is C13H13FN2O2. The largest absolute Gasteiger partial charge is 0.481 e. The van der Waals surface area contributed by atoms with Crippen molar-refractivity contribution in [2.45, 2.75) is 25.3 Å². The lowest BCUT2D eigenvalue weighted by molar-refractivity contribution is -0.136. The molecule has 0 bridgehead atoms. The number of hydrogen-bond donors (Lipinski definition) is 1. The zero-order chi connectivity index (χ0) is 13.1. The monoisotopic (exact) mass is 248 g/mol. The molecule has 94 valence electrons. The van der Waals surface area contributed by atoms with Crippen LogP contribution in [-0.2, 0) is 4.79 Å². The van der Waals surface area contributed by atoms with Crippen molar-refractivity contribution in [1.82, 2.24) is 0 Å². The molecule has 0 aromatic heterocycles. The first-order chi connectivity index (χ1) is 8.61. The van der Waals surface area contributed by atoms with Gasteiger partial charge in [0, 0.05) is 12.6 Å². The molecule has 1 aromatic rings. The summed E-state index contributed by atoms with van der Waals surface area (Å²) in [4.78, 5) is 12.4. The Bertz CT molecular complexity index is 506. The summed E-state index contributed by atoms with van der Waals surface area (Å²) in [5.41, 5.74) is 0.656. The number of nitrogens with zero attached hydrogens (tertiary/aromatic N) is 2. The Morgan fingerprint density at radius 3 is 2.78 bits per heavy atom. The highest BCUT2D eigenvalue weighted by Gasteiger charge is 2.30. The third-order valence-electron chi connectivity index (χ3n) is 2.94. The first-order valence-electron chi connectivity index (χ1n) is 5.80. The smallest absolute Gasteiger partial charge is 0.305 e. The molecule has 0 saturated heterocycles. The second kappa shape index (κ2) is 5.05. The van der Waals surface area contributed by atoms with Crippen molar-refractivity contribution in [3.8, 4) is 6.07 Å². The number of hydrogen-bond acceptors (Lipinski definition) is 3. The molecule has 0 heterocycles. The number of halogens is 1. The lowest BCUT2D eigenvalue weighted by atomic mass is 10.2. The topological polar surface area (TPSA) is 64.3 Å². The van der Waals surface area contributed by atoms with E-state index >= 15 is 0 Å². The minimum Gasteiger partial charge on any atom is -0.481 e. The molecule has 1 saturated carbocycles. The Morgan fingerprint density at radius 1 is 1.56 bits per heavy atom. The molecule has 0 radical (unpaired) electrons. The van der Waals surface area contributed by atoms with Crippen LogP contribution in [0, 0.1) is 17.1 Å². The fourth-order valence-electron chi connectivity index (χ4n) is 1.91. The van der Waals surface area contributed by atoms with Crippen LogP contribution in [0.3, 0.4) is 0 Å². The van der Waals surface area contributed by atoms with E-state index in [1.807, 2.05) is 6.07 Å². The van der Waals surface area contributed by atoms with Crippen LogP contribution in [0.2, 0.25) is 0 Å². The van der Waals surface area contributed by atoms with Gasteiger partial charge in [-0.25, -0.2) is 4.39 Å². The summed E-state index contributed by atoms with van der Waals surface area (Å²) in [6, 6.07) is 6.39. The predicted molar refractivity (Wildman–Crippen MR) is 63.7 cm³/mol. The highest BCUT2D eigenvalue weighted by atomic mass is 19.1. The van der Waals surface area contributed by atoms with Gasteiger partial charge in [0.15, 0.2) is 0 Å². The van der Waals surface area contributed by atoms with Crippen LogP contribution in [-0.4, -0.2) is 23.7 Å². The Labute approximate surface area is 104 Å². The fraction of sp³-hybridized carbons (Fsp3) is 0.385. The molecule has 0 aliphatic heterocycles. The van der Waals surface area contributed by atoms with E-state index in [9.17, 15) is 9.18 Å². The number of carboxylic acids is 1. The van der Waals surface area contributed by atoms with Gasteiger partial charge in [-0.2, -0.15) is 5.26 Å². The molecule has 2 rings (SSSR count). The van der Waals surface area contributed by atoms with E-state index < -0.39 is 11.8 Å². The summed E-state index contributed by atoms with van der Waals surface area (Å²) in [6.45, 7) is 0.294. The third kappa shape index (κ3) is 2.77. The first kappa shape index (κ1) is 12.4. The van der Waals surface area contributed by atoms with E-state index in [-0.39, 0.29) is 18.0 Å². The van der Waals surface area contributed by atoms with Crippen LogP contribution in [0.4, 0.5) is 10.1 Å². The predicted octanol–water partition coefficient (Wildman–Crippen LogP) is 2.14. The quantitative estimate of drug-likeness (QED) is 0.867. The number of carbonyl (C=O) groups is 1. The van der Waals surface area contributed by atoms with Gasteiger partial charge in [-0.3, -0.25) is 4.79 Å². The minimum atomic E-state index is -0.894. The second-order valence-corrected chi connectivity index (χ2v) is 4.35. The number of aliphatic carboxylic acids is 1. The van der Waals surface area contributed by atoms with Crippen molar-refractivity contribution >= 4 is 11.7 Å². The molecule has 0 spiro atoms. The molecule has 4 nitrogen and oxygen atoms in total. The van der Waals surface area contributed by atoms with Crippen LogP contribution in [0.15, 0.2) is 18.2 Å². The SMILES string of the molecule is N#Cc1ccc(N(CCC(=O)O)C2CC2)c(F)c1. The van der Waals surface area contributed by atoms with Crippen molar-refractivity contribution in [2.24, 2.45) is 0 Å². The van der Waals surface area contributed by atoms with Gasteiger partial charge in [-0.1, -0.05) is 0 Å². The van der Waals surface area contributed by atoms with Gasteiger partial charge in [-0.15, -0.1) is 0 Å². The molecule has 5 heteroatoms. The van der Waals surface area contributed by atoms with Gasteiger partial charge in [0.1, 0.15) is 5.82 Å². The van der Waals surface area contributed by atoms with Gasteiger partial charge in [0.2, 0.25) is 0 Å². The number of anilines is 1. The Kier molecular flexibility index (Phi) is 3.47. The second-order valence-electron chi connectivity index (χ2n) is 4.35. The molecule has 0 unspecified atom stereocenters. The molecule has 18 heavy (non-hydrogen) atoms. The minimum absolute atomic E-state index is 0.0179. The Balaban J connectivity index is 2.20. The van der Waals surface area contributed by atoms with Crippen molar-refractivity contribution < 1.29 is 14.3 Å². The van der Waals surface area contributed by atoms with E-state index in [0.717, 1.165) is 12.8 Å². The van der Waals surface area contributed by atoms with Gasteiger partial charge < -0.3 is 10.0 Å². The van der Waals surface area contributed by atoms with E-state index in [0.29, 0.717) is 12.2 Å². The van der Waals surface area contributed by atoms with E-state index in [1.165, 1.54) is 6.07 Å². The molecule has 1 fully saturated rings. The van der Waals surface area contributed by atoms with E-state index in [4.69, 9.17) is 10.4 Å². The molecular weight excluding hydrogens is 235 g/mol. The summed E-state index contributed by atoms with van der Waals surface area (Å²) < 4.78 is 13.9. The maximum Gasteiger partial charge on any atom is 0.305 e. The third-order valence-corrected chi connectivity index (χ3v) is 2.94.